The quantitative estimate of drug-likeness (QED) is 0.318. The van der Waals surface area contributed by atoms with E-state index in [1.165, 1.54) is 35.1 Å². The highest BCUT2D eigenvalue weighted by Crippen LogP contribution is 2.31. The molecule has 0 radical (unpaired) electrons. The molecule has 32 heavy (non-hydrogen) atoms. The summed E-state index contributed by atoms with van der Waals surface area (Å²) in [6.07, 6.45) is 4.90. The van der Waals surface area contributed by atoms with Gasteiger partial charge in [-0.05, 0) is 18.6 Å². The number of hydrogen-bond donors (Lipinski definition) is 0. The minimum atomic E-state index is -0.877. The van der Waals surface area contributed by atoms with Crippen molar-refractivity contribution < 1.29 is 28.7 Å². The number of ether oxygens (including phenoxy) is 2. The van der Waals surface area contributed by atoms with Crippen molar-refractivity contribution >= 4 is 40.5 Å². The summed E-state index contributed by atoms with van der Waals surface area (Å²) in [4.78, 5) is 52.2. The van der Waals surface area contributed by atoms with Crippen molar-refractivity contribution in [1.29, 1.82) is 0 Å². The minimum Gasteiger partial charge on any atom is -0.458 e. The molecule has 1 fully saturated rings. The first-order valence-electron chi connectivity index (χ1n) is 9.92. The molecular formula is C23H26N2O6S. The number of hydrogen-bond acceptors (Lipinski definition) is 7. The van der Waals surface area contributed by atoms with E-state index in [9.17, 15) is 19.2 Å². The largest absolute Gasteiger partial charge is 0.458 e. The molecular weight excluding hydrogens is 432 g/mol. The molecule has 1 aromatic rings. The van der Waals surface area contributed by atoms with E-state index in [2.05, 4.69) is 13.2 Å². The van der Waals surface area contributed by atoms with Crippen molar-refractivity contribution in [3.63, 3.8) is 0 Å². The van der Waals surface area contributed by atoms with E-state index >= 15 is 0 Å². The van der Waals surface area contributed by atoms with Gasteiger partial charge in [0.05, 0.1) is 0 Å². The number of amides is 2. The van der Waals surface area contributed by atoms with Gasteiger partial charge in [-0.2, -0.15) is 0 Å². The number of carbonyl (C=O) groups excluding carboxylic acids is 4. The van der Waals surface area contributed by atoms with Gasteiger partial charge in [-0.15, -0.1) is 0 Å². The monoisotopic (exact) mass is 458 g/mol. The normalized spacial score (nSPS) is 17.6. The smallest absolute Gasteiger partial charge is 0.410 e. The lowest BCUT2D eigenvalue weighted by molar-refractivity contribution is -0.136. The third-order valence-corrected chi connectivity index (χ3v) is 5.42. The van der Waals surface area contributed by atoms with Gasteiger partial charge in [0.15, 0.2) is 5.12 Å². The first kappa shape index (κ1) is 24.9. The molecule has 1 aliphatic rings. The maximum atomic E-state index is 13.5. The van der Waals surface area contributed by atoms with Gasteiger partial charge in [-0.1, -0.05) is 55.3 Å². The summed E-state index contributed by atoms with van der Waals surface area (Å²) in [5.74, 6) is -1.08. The second-order valence-corrected chi connectivity index (χ2v) is 8.26. The van der Waals surface area contributed by atoms with E-state index in [1.807, 2.05) is 0 Å². The standard InChI is InChI=1S/C23H26N2O6S/c1-4-13-30-21(27)11-12-24(18-9-7-6-8-10-18)22(28)20-15-19(32-17(3)26)16-25(20)23(29)31-14-5-2/h4-12,19-20H,1-2,13-16H2,3H3/t19-,20-/m0/s1. The zero-order valence-electron chi connectivity index (χ0n) is 17.8. The Balaban J connectivity index is 2.32. The summed E-state index contributed by atoms with van der Waals surface area (Å²) < 4.78 is 10.1. The Morgan fingerprint density at radius 2 is 1.78 bits per heavy atom. The van der Waals surface area contributed by atoms with Crippen LogP contribution in [0.15, 0.2) is 67.9 Å². The molecule has 2 atom stereocenters. The van der Waals surface area contributed by atoms with Gasteiger partial charge in [0, 0.05) is 36.7 Å². The summed E-state index contributed by atoms with van der Waals surface area (Å²) in [7, 11) is 0. The first-order valence-corrected chi connectivity index (χ1v) is 10.8. The first-order chi connectivity index (χ1) is 15.4. The lowest BCUT2D eigenvalue weighted by atomic mass is 10.1. The van der Waals surface area contributed by atoms with Gasteiger partial charge < -0.3 is 9.47 Å². The third-order valence-electron chi connectivity index (χ3n) is 4.41. The molecule has 0 aliphatic carbocycles. The van der Waals surface area contributed by atoms with Crippen LogP contribution in [0.2, 0.25) is 0 Å². The van der Waals surface area contributed by atoms with Crippen LogP contribution in [-0.2, 0) is 23.9 Å². The predicted molar refractivity (Wildman–Crippen MR) is 123 cm³/mol. The van der Waals surface area contributed by atoms with E-state index < -0.39 is 24.0 Å². The van der Waals surface area contributed by atoms with Crippen LogP contribution in [0, 0.1) is 0 Å². The Hall–Kier alpha value is -3.33. The van der Waals surface area contributed by atoms with E-state index in [1.54, 1.807) is 30.3 Å². The van der Waals surface area contributed by atoms with Crippen molar-refractivity contribution in [1.82, 2.24) is 4.90 Å². The molecule has 8 nitrogen and oxygen atoms in total. The topological polar surface area (TPSA) is 93.2 Å². The molecule has 0 saturated carbocycles. The zero-order chi connectivity index (χ0) is 23.5. The van der Waals surface area contributed by atoms with Crippen LogP contribution in [0.1, 0.15) is 13.3 Å². The molecule has 0 N–H and O–H groups in total. The van der Waals surface area contributed by atoms with Crippen LogP contribution in [0.25, 0.3) is 0 Å². The molecule has 1 aromatic carbocycles. The number of rotatable bonds is 9. The number of likely N-dealkylation sites (tertiary alicyclic amines) is 1. The van der Waals surface area contributed by atoms with E-state index in [-0.39, 0.29) is 36.5 Å². The number of carbonyl (C=O) groups is 4. The van der Waals surface area contributed by atoms with E-state index in [0.717, 1.165) is 17.8 Å². The third kappa shape index (κ3) is 7.12. The maximum Gasteiger partial charge on any atom is 0.410 e. The summed E-state index contributed by atoms with van der Waals surface area (Å²) in [5.41, 5.74) is 0.507. The lowest BCUT2D eigenvalue weighted by Gasteiger charge is -2.27. The Labute approximate surface area is 191 Å². The number of esters is 1. The Morgan fingerprint density at radius 3 is 2.41 bits per heavy atom. The van der Waals surface area contributed by atoms with Crippen molar-refractivity contribution in [3.05, 3.63) is 67.9 Å². The Bertz CT molecular complexity index is 886. The van der Waals surface area contributed by atoms with Crippen LogP contribution in [0.5, 0.6) is 0 Å². The van der Waals surface area contributed by atoms with Crippen molar-refractivity contribution in [2.24, 2.45) is 0 Å². The van der Waals surface area contributed by atoms with Crippen molar-refractivity contribution in [2.45, 2.75) is 24.6 Å². The minimum absolute atomic E-state index is 0.00178. The van der Waals surface area contributed by atoms with Gasteiger partial charge in [0.1, 0.15) is 19.3 Å². The molecule has 1 saturated heterocycles. The molecule has 9 heteroatoms. The van der Waals surface area contributed by atoms with Gasteiger partial charge in [0.2, 0.25) is 0 Å². The average molecular weight is 459 g/mol. The average Bonchev–Trinajstić information content (AvgIpc) is 3.19. The molecule has 0 unspecified atom stereocenters. The summed E-state index contributed by atoms with van der Waals surface area (Å²) in [6.45, 7) is 8.66. The second kappa shape index (κ2) is 12.5. The molecule has 0 spiro atoms. The molecule has 2 amide bonds. The molecule has 1 heterocycles. The van der Waals surface area contributed by atoms with Crippen LogP contribution < -0.4 is 4.90 Å². The van der Waals surface area contributed by atoms with Gasteiger partial charge >= 0.3 is 12.1 Å². The van der Waals surface area contributed by atoms with Gasteiger partial charge in [-0.3, -0.25) is 19.4 Å². The van der Waals surface area contributed by atoms with E-state index in [0.29, 0.717) is 5.69 Å². The fourth-order valence-corrected chi connectivity index (χ4v) is 4.11. The number of para-hydroxylation sites is 1. The highest BCUT2D eigenvalue weighted by atomic mass is 32.2. The van der Waals surface area contributed by atoms with Gasteiger partial charge in [-0.25, -0.2) is 9.59 Å². The number of anilines is 1. The molecule has 0 bridgehead atoms. The predicted octanol–water partition coefficient (Wildman–Crippen LogP) is 3.31. The van der Waals surface area contributed by atoms with Crippen LogP contribution in [-0.4, -0.2) is 59.0 Å². The van der Waals surface area contributed by atoms with Crippen LogP contribution in [0.4, 0.5) is 10.5 Å². The molecule has 0 aromatic heterocycles. The molecule has 2 rings (SSSR count). The summed E-state index contributed by atoms with van der Waals surface area (Å²) >= 11 is 1.08. The summed E-state index contributed by atoms with van der Waals surface area (Å²) in [6, 6.07) is 7.82. The second-order valence-electron chi connectivity index (χ2n) is 6.78. The number of thioether (sulfide) groups is 1. The fraction of sp³-hybridized carbons (Fsp3) is 0.304. The fourth-order valence-electron chi connectivity index (χ4n) is 3.13. The Kier molecular flexibility index (Phi) is 9.75. The lowest BCUT2D eigenvalue weighted by Crippen LogP contribution is -2.46. The van der Waals surface area contributed by atoms with Gasteiger partial charge in [0.25, 0.3) is 5.91 Å². The number of benzene rings is 1. The maximum absolute atomic E-state index is 13.5. The SMILES string of the molecule is C=CCOC(=O)C=CN(C(=O)[C@@H]1C[C@H](SC(C)=O)CN1C(=O)OCC=C)c1ccccc1. The Morgan fingerprint density at radius 1 is 1.12 bits per heavy atom. The van der Waals surface area contributed by atoms with Crippen molar-refractivity contribution in [2.75, 3.05) is 24.7 Å². The zero-order valence-corrected chi connectivity index (χ0v) is 18.7. The molecule has 1 aliphatic heterocycles. The highest BCUT2D eigenvalue weighted by Gasteiger charge is 2.43. The van der Waals surface area contributed by atoms with E-state index in [4.69, 9.17) is 9.47 Å². The summed E-state index contributed by atoms with van der Waals surface area (Å²) in [5, 5.41) is -0.357. The van der Waals surface area contributed by atoms with Crippen LogP contribution >= 0.6 is 11.8 Å². The van der Waals surface area contributed by atoms with Crippen molar-refractivity contribution in [3.8, 4) is 0 Å². The highest BCUT2D eigenvalue weighted by molar-refractivity contribution is 8.14. The van der Waals surface area contributed by atoms with Crippen LogP contribution in [0.3, 0.4) is 0 Å². The molecule has 170 valence electrons. The number of nitrogens with zero attached hydrogens (tertiary/aromatic N) is 2.